The maximum absolute atomic E-state index is 9.73. The van der Waals surface area contributed by atoms with Gasteiger partial charge in [-0.3, -0.25) is 9.88 Å². The van der Waals surface area contributed by atoms with Gasteiger partial charge < -0.3 is 9.84 Å². The molecule has 1 aromatic heterocycles. The number of ether oxygens (including phenoxy) is 1. The summed E-state index contributed by atoms with van der Waals surface area (Å²) in [5.74, 6) is 0.768. The predicted molar refractivity (Wildman–Crippen MR) is 79.1 cm³/mol. The molecule has 0 amide bonds. The summed E-state index contributed by atoms with van der Waals surface area (Å²) in [5, 5.41) is 11.3. The molecule has 0 aliphatic carbocycles. The Bertz CT molecular complexity index is 658. The zero-order valence-corrected chi connectivity index (χ0v) is 12.3. The molecule has 4 nitrogen and oxygen atoms in total. The van der Waals surface area contributed by atoms with E-state index in [1.807, 2.05) is 23.1 Å². The molecule has 1 aromatic carbocycles. The number of hydrogen-bond donors (Lipinski definition) is 1. The molecule has 2 heterocycles. The molecule has 1 N–H and O–H groups in total. The van der Waals surface area contributed by atoms with Crippen LogP contribution in [0.2, 0.25) is 5.02 Å². The third-order valence-electron chi connectivity index (χ3n) is 3.83. The molecule has 1 aliphatic heterocycles. The van der Waals surface area contributed by atoms with Gasteiger partial charge in [0, 0.05) is 36.2 Å². The molecule has 20 heavy (non-hydrogen) atoms. The number of methoxy groups -OCH3 is 1. The minimum Gasteiger partial charge on any atom is -0.497 e. The molecule has 0 bridgehead atoms. The first-order valence-corrected chi connectivity index (χ1v) is 7.05. The minimum atomic E-state index is -0.472. The highest BCUT2D eigenvalue weighted by atomic mass is 35.5. The van der Waals surface area contributed by atoms with Gasteiger partial charge in [-0.05, 0) is 25.1 Å². The number of nitrogens with zero attached hydrogens (tertiary/aromatic N) is 2. The molecule has 0 radical (unpaired) electrons. The molecule has 0 saturated heterocycles. The van der Waals surface area contributed by atoms with Crippen LogP contribution in [0.4, 0.5) is 0 Å². The van der Waals surface area contributed by atoms with Crippen molar-refractivity contribution in [3.8, 4) is 5.75 Å². The monoisotopic (exact) mass is 292 g/mol. The van der Waals surface area contributed by atoms with Gasteiger partial charge in [0.15, 0.2) is 0 Å². The van der Waals surface area contributed by atoms with E-state index in [2.05, 4.69) is 0 Å². The second-order valence-electron chi connectivity index (χ2n) is 5.09. The summed E-state index contributed by atoms with van der Waals surface area (Å²) >= 11 is 6.55. The maximum atomic E-state index is 9.73. The highest BCUT2D eigenvalue weighted by Crippen LogP contribution is 2.33. The Balaban J connectivity index is 2.13. The smallest absolute Gasteiger partial charge is 0.119 e. The van der Waals surface area contributed by atoms with E-state index in [0.29, 0.717) is 11.6 Å². The van der Waals surface area contributed by atoms with Crippen LogP contribution in [0.5, 0.6) is 5.75 Å². The summed E-state index contributed by atoms with van der Waals surface area (Å²) in [6, 6.07) is 5.73. The van der Waals surface area contributed by atoms with E-state index >= 15 is 0 Å². The van der Waals surface area contributed by atoms with Crippen LogP contribution in [-0.2, 0) is 13.0 Å². The van der Waals surface area contributed by atoms with E-state index < -0.39 is 6.23 Å². The quantitative estimate of drug-likeness (QED) is 0.924. The number of hydrogen-bond acceptors (Lipinski definition) is 4. The van der Waals surface area contributed by atoms with Crippen molar-refractivity contribution >= 4 is 22.5 Å². The van der Waals surface area contributed by atoms with Gasteiger partial charge in [-0.25, -0.2) is 0 Å². The van der Waals surface area contributed by atoms with Crippen LogP contribution in [0, 0.1) is 0 Å². The predicted octanol–water partition coefficient (Wildman–Crippen LogP) is 2.59. The third kappa shape index (κ3) is 2.24. The molecule has 1 atom stereocenters. The highest BCUT2D eigenvalue weighted by Gasteiger charge is 2.23. The molecule has 5 heteroatoms. The molecule has 106 valence electrons. The van der Waals surface area contributed by atoms with Gasteiger partial charge in [0.2, 0.25) is 0 Å². The zero-order chi connectivity index (χ0) is 14.3. The van der Waals surface area contributed by atoms with Gasteiger partial charge in [0.1, 0.15) is 12.0 Å². The molecular weight excluding hydrogens is 276 g/mol. The average Bonchev–Trinajstić information content (AvgIpc) is 2.47. The van der Waals surface area contributed by atoms with Crippen molar-refractivity contribution in [2.75, 3.05) is 13.7 Å². The largest absolute Gasteiger partial charge is 0.497 e. The van der Waals surface area contributed by atoms with E-state index in [4.69, 9.17) is 21.3 Å². The first-order chi connectivity index (χ1) is 9.60. The molecule has 0 saturated carbocycles. The number of aliphatic hydroxyl groups excluding tert-OH is 1. The molecule has 2 aromatic rings. The Hall–Kier alpha value is -1.36. The van der Waals surface area contributed by atoms with Gasteiger partial charge in [0.05, 0.1) is 17.6 Å². The van der Waals surface area contributed by atoms with E-state index in [1.54, 1.807) is 14.0 Å². The van der Waals surface area contributed by atoms with E-state index in [0.717, 1.165) is 40.9 Å². The zero-order valence-electron chi connectivity index (χ0n) is 11.6. The lowest BCUT2D eigenvalue weighted by atomic mass is 10.0. The van der Waals surface area contributed by atoms with Crippen molar-refractivity contribution in [1.82, 2.24) is 9.88 Å². The maximum Gasteiger partial charge on any atom is 0.119 e. The number of halogens is 1. The lowest BCUT2D eigenvalue weighted by molar-refractivity contribution is 0.00884. The van der Waals surface area contributed by atoms with Crippen LogP contribution in [0.15, 0.2) is 18.2 Å². The molecule has 3 rings (SSSR count). The van der Waals surface area contributed by atoms with Gasteiger partial charge >= 0.3 is 0 Å². The Kier molecular flexibility index (Phi) is 3.54. The number of benzene rings is 1. The van der Waals surface area contributed by atoms with Crippen LogP contribution in [-0.4, -0.2) is 34.9 Å². The van der Waals surface area contributed by atoms with E-state index in [-0.39, 0.29) is 0 Å². The Morgan fingerprint density at radius 1 is 1.45 bits per heavy atom. The number of fused-ring (bicyclic) bond motifs is 2. The second kappa shape index (κ2) is 5.20. The van der Waals surface area contributed by atoms with Crippen LogP contribution in [0.25, 0.3) is 10.9 Å². The Morgan fingerprint density at radius 3 is 2.95 bits per heavy atom. The lowest BCUT2D eigenvalue weighted by Gasteiger charge is -2.31. The minimum absolute atomic E-state index is 0.472. The van der Waals surface area contributed by atoms with Crippen molar-refractivity contribution in [3.63, 3.8) is 0 Å². The van der Waals surface area contributed by atoms with Crippen molar-refractivity contribution in [2.24, 2.45) is 0 Å². The first kappa shape index (κ1) is 13.6. The first-order valence-electron chi connectivity index (χ1n) is 6.67. The normalized spacial score (nSPS) is 17.0. The fourth-order valence-electron chi connectivity index (χ4n) is 2.64. The van der Waals surface area contributed by atoms with Crippen molar-refractivity contribution in [1.29, 1.82) is 0 Å². The van der Waals surface area contributed by atoms with Gasteiger partial charge in [-0.1, -0.05) is 11.6 Å². The van der Waals surface area contributed by atoms with E-state index in [9.17, 15) is 5.11 Å². The molecule has 0 fully saturated rings. The third-order valence-corrected chi connectivity index (χ3v) is 4.27. The molecule has 1 aliphatic rings. The number of rotatable bonds is 2. The molecule has 1 unspecified atom stereocenters. The summed E-state index contributed by atoms with van der Waals surface area (Å²) < 4.78 is 5.24. The standard InChI is InChI=1S/C15H17ClN2O2/c1-9(19)18-6-5-14-12(8-18)15(16)11-7-10(20-2)3-4-13(11)17-14/h3-4,7,9,19H,5-6,8H2,1-2H3. The summed E-state index contributed by atoms with van der Waals surface area (Å²) in [7, 11) is 1.64. The van der Waals surface area contributed by atoms with E-state index in [1.165, 1.54) is 0 Å². The van der Waals surface area contributed by atoms with Gasteiger partial charge in [-0.2, -0.15) is 0 Å². The van der Waals surface area contributed by atoms with Crippen LogP contribution >= 0.6 is 11.6 Å². The fourth-order valence-corrected chi connectivity index (χ4v) is 2.96. The van der Waals surface area contributed by atoms with Crippen molar-refractivity contribution in [3.05, 3.63) is 34.5 Å². The van der Waals surface area contributed by atoms with Crippen molar-refractivity contribution < 1.29 is 9.84 Å². The van der Waals surface area contributed by atoms with Gasteiger partial charge in [0.25, 0.3) is 0 Å². The Labute approximate surface area is 122 Å². The lowest BCUT2D eigenvalue weighted by Crippen LogP contribution is -2.37. The van der Waals surface area contributed by atoms with Crippen LogP contribution in [0.1, 0.15) is 18.2 Å². The topological polar surface area (TPSA) is 45.6 Å². The Morgan fingerprint density at radius 2 is 2.25 bits per heavy atom. The number of pyridine rings is 1. The number of aromatic nitrogens is 1. The SMILES string of the molecule is COc1ccc2nc3c(c(Cl)c2c1)CN(C(C)O)CC3. The second-order valence-corrected chi connectivity index (χ2v) is 5.46. The fraction of sp³-hybridized carbons (Fsp3) is 0.400. The van der Waals surface area contributed by atoms with Crippen LogP contribution < -0.4 is 4.74 Å². The molecule has 0 spiro atoms. The van der Waals surface area contributed by atoms with Crippen molar-refractivity contribution in [2.45, 2.75) is 26.1 Å². The van der Waals surface area contributed by atoms with Crippen LogP contribution in [0.3, 0.4) is 0 Å². The number of aliphatic hydroxyl groups is 1. The average molecular weight is 293 g/mol. The molecular formula is C15H17ClN2O2. The summed E-state index contributed by atoms with van der Waals surface area (Å²) in [6.07, 6.45) is 0.335. The highest BCUT2D eigenvalue weighted by molar-refractivity contribution is 6.36. The summed E-state index contributed by atoms with van der Waals surface area (Å²) in [4.78, 5) is 6.69. The summed E-state index contributed by atoms with van der Waals surface area (Å²) in [6.45, 7) is 3.21. The summed E-state index contributed by atoms with van der Waals surface area (Å²) in [5.41, 5.74) is 2.93. The van der Waals surface area contributed by atoms with Gasteiger partial charge in [-0.15, -0.1) is 0 Å².